The molecule has 0 spiro atoms. The monoisotopic (exact) mass is 243 g/mol. The van der Waals surface area contributed by atoms with E-state index in [0.29, 0.717) is 12.4 Å². The van der Waals surface area contributed by atoms with Crippen LogP contribution in [0.25, 0.3) is 0 Å². The maximum absolute atomic E-state index is 12.5. The van der Waals surface area contributed by atoms with Gasteiger partial charge in [-0.3, -0.25) is 4.79 Å². The highest BCUT2D eigenvalue weighted by Gasteiger charge is 2.33. The Labute approximate surface area is 106 Å². The van der Waals surface area contributed by atoms with Crippen molar-refractivity contribution in [3.8, 4) is 0 Å². The van der Waals surface area contributed by atoms with E-state index in [-0.39, 0.29) is 5.78 Å². The first-order chi connectivity index (χ1) is 8.57. The molecular formula is C14H17N3O. The van der Waals surface area contributed by atoms with E-state index < -0.39 is 5.54 Å². The molecular weight excluding hydrogens is 226 g/mol. The van der Waals surface area contributed by atoms with Crippen LogP contribution in [0.4, 0.5) is 0 Å². The van der Waals surface area contributed by atoms with Gasteiger partial charge >= 0.3 is 0 Å². The molecule has 0 aliphatic heterocycles. The Morgan fingerprint density at radius 1 is 1.39 bits per heavy atom. The predicted octanol–water partition coefficient (Wildman–Crippen LogP) is 1.96. The van der Waals surface area contributed by atoms with Crippen LogP contribution in [0.5, 0.6) is 0 Å². The third kappa shape index (κ3) is 2.07. The minimum atomic E-state index is -1.06. The largest absolute Gasteiger partial charge is 0.329 e. The summed E-state index contributed by atoms with van der Waals surface area (Å²) < 4.78 is 1.80. The van der Waals surface area contributed by atoms with Gasteiger partial charge < -0.3 is 10.3 Å². The van der Waals surface area contributed by atoms with Crippen LogP contribution in [-0.2, 0) is 12.1 Å². The maximum atomic E-state index is 12.5. The number of aryl methyl sites for hydroxylation is 1. The Balaban J connectivity index is 2.39. The lowest BCUT2D eigenvalue weighted by Crippen LogP contribution is -2.43. The van der Waals surface area contributed by atoms with Gasteiger partial charge in [-0.05, 0) is 19.4 Å². The molecule has 94 valence electrons. The van der Waals surface area contributed by atoms with Crippen molar-refractivity contribution >= 4 is 5.78 Å². The predicted molar refractivity (Wildman–Crippen MR) is 70.2 cm³/mol. The third-order valence-corrected chi connectivity index (χ3v) is 3.10. The molecule has 0 bridgehead atoms. The number of ketones is 1. The lowest BCUT2D eigenvalue weighted by molar-refractivity contribution is 0.0884. The minimum absolute atomic E-state index is 0.166. The van der Waals surface area contributed by atoms with Crippen molar-refractivity contribution in [3.63, 3.8) is 0 Å². The van der Waals surface area contributed by atoms with Gasteiger partial charge in [0, 0.05) is 18.9 Å². The van der Waals surface area contributed by atoms with Gasteiger partial charge in [0.15, 0.2) is 5.82 Å². The van der Waals surface area contributed by atoms with Crippen molar-refractivity contribution in [1.82, 2.24) is 9.55 Å². The normalized spacial score (nSPS) is 14.2. The molecule has 0 aliphatic carbocycles. The first-order valence-corrected chi connectivity index (χ1v) is 5.97. The highest BCUT2D eigenvalue weighted by molar-refractivity contribution is 6.00. The third-order valence-electron chi connectivity index (χ3n) is 3.10. The number of aromatic nitrogens is 2. The first-order valence-electron chi connectivity index (χ1n) is 5.97. The van der Waals surface area contributed by atoms with Crippen LogP contribution in [0.2, 0.25) is 0 Å². The smallest absolute Gasteiger partial charge is 0.222 e. The molecule has 0 fully saturated rings. The summed E-state index contributed by atoms with van der Waals surface area (Å²) in [6.07, 6.45) is 3.41. The zero-order chi connectivity index (χ0) is 13.2. The van der Waals surface area contributed by atoms with Crippen LogP contribution in [-0.4, -0.2) is 15.3 Å². The summed E-state index contributed by atoms with van der Waals surface area (Å²) in [4.78, 5) is 16.6. The van der Waals surface area contributed by atoms with Gasteiger partial charge in [-0.25, -0.2) is 4.98 Å². The van der Waals surface area contributed by atoms with Crippen LogP contribution < -0.4 is 5.73 Å². The van der Waals surface area contributed by atoms with Gasteiger partial charge in [-0.2, -0.15) is 0 Å². The SMILES string of the molecule is CCn1ccnc1C(=O)C(C)(N)c1ccccc1. The molecule has 1 aromatic carbocycles. The average Bonchev–Trinajstić information content (AvgIpc) is 2.87. The zero-order valence-corrected chi connectivity index (χ0v) is 10.6. The number of nitrogens with zero attached hydrogens (tertiary/aromatic N) is 2. The molecule has 1 aromatic heterocycles. The number of nitrogens with two attached hydrogens (primary N) is 1. The highest BCUT2D eigenvalue weighted by atomic mass is 16.1. The second-order valence-electron chi connectivity index (χ2n) is 4.43. The zero-order valence-electron chi connectivity index (χ0n) is 10.6. The average molecular weight is 243 g/mol. The number of rotatable bonds is 4. The molecule has 1 atom stereocenters. The lowest BCUT2D eigenvalue weighted by atomic mass is 9.88. The fourth-order valence-corrected chi connectivity index (χ4v) is 1.92. The molecule has 4 nitrogen and oxygen atoms in total. The van der Waals surface area contributed by atoms with Crippen LogP contribution >= 0.6 is 0 Å². The summed E-state index contributed by atoms with van der Waals surface area (Å²) in [7, 11) is 0. The number of hydrogen-bond acceptors (Lipinski definition) is 3. The van der Waals surface area contributed by atoms with Gasteiger partial charge in [0.25, 0.3) is 0 Å². The second kappa shape index (κ2) is 4.74. The van der Waals surface area contributed by atoms with Gasteiger partial charge in [0.1, 0.15) is 5.54 Å². The second-order valence-corrected chi connectivity index (χ2v) is 4.43. The van der Waals surface area contributed by atoms with E-state index in [1.165, 1.54) is 0 Å². The van der Waals surface area contributed by atoms with E-state index in [2.05, 4.69) is 4.98 Å². The van der Waals surface area contributed by atoms with Crippen LogP contribution in [0.1, 0.15) is 30.0 Å². The molecule has 2 rings (SSSR count). The Hall–Kier alpha value is -1.94. The number of hydrogen-bond donors (Lipinski definition) is 1. The fourth-order valence-electron chi connectivity index (χ4n) is 1.92. The molecule has 0 saturated carbocycles. The number of benzene rings is 1. The van der Waals surface area contributed by atoms with Crippen molar-refractivity contribution in [1.29, 1.82) is 0 Å². The van der Waals surface area contributed by atoms with Gasteiger partial charge in [0.2, 0.25) is 5.78 Å². The molecule has 0 aliphatic rings. The summed E-state index contributed by atoms with van der Waals surface area (Å²) in [6, 6.07) is 9.37. The van der Waals surface area contributed by atoms with E-state index in [9.17, 15) is 4.79 Å². The molecule has 2 aromatic rings. The topological polar surface area (TPSA) is 60.9 Å². The van der Waals surface area contributed by atoms with E-state index in [0.717, 1.165) is 5.56 Å². The van der Waals surface area contributed by atoms with Crippen LogP contribution in [0.3, 0.4) is 0 Å². The van der Waals surface area contributed by atoms with Gasteiger partial charge in [-0.1, -0.05) is 30.3 Å². The summed E-state index contributed by atoms with van der Waals surface area (Å²) >= 11 is 0. The Kier molecular flexibility index (Phi) is 3.30. The van der Waals surface area contributed by atoms with Crippen molar-refractivity contribution < 1.29 is 4.79 Å². The minimum Gasteiger partial charge on any atom is -0.329 e. The molecule has 1 heterocycles. The molecule has 0 radical (unpaired) electrons. The summed E-state index contributed by atoms with van der Waals surface area (Å²) in [5.74, 6) is 0.243. The van der Waals surface area contributed by atoms with E-state index in [1.807, 2.05) is 37.3 Å². The fraction of sp³-hybridized carbons (Fsp3) is 0.286. The van der Waals surface area contributed by atoms with Gasteiger partial charge in [0.05, 0.1) is 0 Å². The van der Waals surface area contributed by atoms with Crippen LogP contribution in [0.15, 0.2) is 42.7 Å². The van der Waals surface area contributed by atoms with Crippen molar-refractivity contribution in [2.45, 2.75) is 25.9 Å². The van der Waals surface area contributed by atoms with Crippen LogP contribution in [0, 0.1) is 0 Å². The standard InChI is InChI=1S/C14H17N3O/c1-3-17-10-9-16-13(17)12(18)14(2,15)11-7-5-4-6-8-11/h4-10H,3,15H2,1-2H3. The molecule has 18 heavy (non-hydrogen) atoms. The van der Waals surface area contributed by atoms with Gasteiger partial charge in [-0.15, -0.1) is 0 Å². The summed E-state index contributed by atoms with van der Waals surface area (Å²) in [6.45, 7) is 4.39. The van der Waals surface area contributed by atoms with E-state index in [4.69, 9.17) is 5.73 Å². The van der Waals surface area contributed by atoms with Crippen molar-refractivity contribution in [3.05, 3.63) is 54.1 Å². The first kappa shape index (κ1) is 12.5. The Bertz CT molecular complexity index is 543. The number of imidazole rings is 1. The Morgan fingerprint density at radius 2 is 2.06 bits per heavy atom. The summed E-state index contributed by atoms with van der Waals surface area (Å²) in [5.41, 5.74) is 5.93. The van der Waals surface area contributed by atoms with Crippen molar-refractivity contribution in [2.24, 2.45) is 5.73 Å². The number of carbonyl (C=O) groups is 1. The maximum Gasteiger partial charge on any atom is 0.222 e. The lowest BCUT2D eigenvalue weighted by Gasteiger charge is -2.23. The number of carbonyl (C=O) groups excluding carboxylic acids is 1. The molecule has 4 heteroatoms. The highest BCUT2D eigenvalue weighted by Crippen LogP contribution is 2.21. The molecule has 0 saturated heterocycles. The molecule has 2 N–H and O–H groups in total. The van der Waals surface area contributed by atoms with E-state index >= 15 is 0 Å². The van der Waals surface area contributed by atoms with E-state index in [1.54, 1.807) is 23.9 Å². The quantitative estimate of drug-likeness (QED) is 0.835. The number of Topliss-reactive ketones (excluding diaryl/α,β-unsaturated/α-hetero) is 1. The summed E-state index contributed by atoms with van der Waals surface area (Å²) in [5, 5.41) is 0. The van der Waals surface area contributed by atoms with Crippen molar-refractivity contribution in [2.75, 3.05) is 0 Å². The molecule has 1 unspecified atom stereocenters. The Morgan fingerprint density at radius 3 is 2.67 bits per heavy atom. The molecule has 0 amide bonds.